The predicted octanol–water partition coefficient (Wildman–Crippen LogP) is 3.17. The average molecular weight is 381 g/mol. The zero-order valence-electron chi connectivity index (χ0n) is 15.6. The highest BCUT2D eigenvalue weighted by atomic mass is 19.1. The van der Waals surface area contributed by atoms with Gasteiger partial charge in [-0.05, 0) is 54.8 Å². The summed E-state index contributed by atoms with van der Waals surface area (Å²) in [6.45, 7) is 2.16. The molecule has 1 atom stereocenters. The van der Waals surface area contributed by atoms with E-state index < -0.39 is 0 Å². The van der Waals surface area contributed by atoms with Crippen molar-refractivity contribution in [3.8, 4) is 0 Å². The number of benzene rings is 2. The van der Waals surface area contributed by atoms with Gasteiger partial charge in [-0.2, -0.15) is 0 Å². The number of amides is 2. The smallest absolute Gasteiger partial charge is 0.248 e. The van der Waals surface area contributed by atoms with Crippen LogP contribution in [0, 0.1) is 11.7 Å². The lowest BCUT2D eigenvalue weighted by Crippen LogP contribution is -2.40. The van der Waals surface area contributed by atoms with Crippen molar-refractivity contribution in [3.05, 3.63) is 71.6 Å². The molecule has 0 radical (unpaired) electrons. The van der Waals surface area contributed by atoms with Gasteiger partial charge < -0.3 is 11.1 Å². The molecule has 1 saturated heterocycles. The zero-order chi connectivity index (χ0) is 19.9. The van der Waals surface area contributed by atoms with E-state index in [2.05, 4.69) is 10.2 Å². The van der Waals surface area contributed by atoms with Gasteiger partial charge in [-0.3, -0.25) is 14.5 Å². The molecule has 0 bridgehead atoms. The standard InChI is InChI=1S/C22H24FN3O2/c23-19-8-3-5-16(13-19)10-11-21(27)25-20-9-2-1-6-17(20)14-26-12-4-7-18(15-26)22(24)28/h1-3,5-6,8-11,13,18H,4,7,12,14-15H2,(H2,24,28)(H,25,27)/b11-10+. The Morgan fingerprint density at radius 2 is 2.04 bits per heavy atom. The lowest BCUT2D eigenvalue weighted by molar-refractivity contribution is -0.123. The third kappa shape index (κ3) is 5.50. The molecule has 1 heterocycles. The fraction of sp³-hybridized carbons (Fsp3) is 0.273. The van der Waals surface area contributed by atoms with Gasteiger partial charge in [-0.1, -0.05) is 30.3 Å². The van der Waals surface area contributed by atoms with E-state index in [1.807, 2.05) is 24.3 Å². The van der Waals surface area contributed by atoms with Crippen molar-refractivity contribution in [2.24, 2.45) is 11.7 Å². The molecule has 2 aromatic rings. The molecule has 0 spiro atoms. The third-order valence-corrected chi connectivity index (χ3v) is 4.85. The Hall–Kier alpha value is -2.99. The topological polar surface area (TPSA) is 75.4 Å². The normalized spacial score (nSPS) is 17.5. The van der Waals surface area contributed by atoms with E-state index in [9.17, 15) is 14.0 Å². The minimum atomic E-state index is -0.344. The second kappa shape index (κ2) is 9.28. The summed E-state index contributed by atoms with van der Waals surface area (Å²) >= 11 is 0. The van der Waals surface area contributed by atoms with Crippen LogP contribution in [0.25, 0.3) is 6.08 Å². The highest BCUT2D eigenvalue weighted by Crippen LogP contribution is 2.22. The van der Waals surface area contributed by atoms with Gasteiger partial charge in [-0.15, -0.1) is 0 Å². The minimum absolute atomic E-state index is 0.121. The van der Waals surface area contributed by atoms with Gasteiger partial charge in [0, 0.05) is 24.9 Å². The first-order valence-corrected chi connectivity index (χ1v) is 9.35. The molecule has 0 saturated carbocycles. The lowest BCUT2D eigenvalue weighted by atomic mass is 9.97. The Labute approximate surface area is 164 Å². The van der Waals surface area contributed by atoms with Crippen LogP contribution in [0.5, 0.6) is 0 Å². The number of nitrogens with two attached hydrogens (primary N) is 1. The van der Waals surface area contributed by atoms with E-state index >= 15 is 0 Å². The molecule has 1 aliphatic rings. The highest BCUT2D eigenvalue weighted by molar-refractivity contribution is 6.02. The summed E-state index contributed by atoms with van der Waals surface area (Å²) in [5, 5.41) is 2.88. The zero-order valence-corrected chi connectivity index (χ0v) is 15.6. The molecule has 2 aromatic carbocycles. The number of piperidine rings is 1. The summed E-state index contributed by atoms with van der Waals surface area (Å²) in [5.74, 6) is -1.01. The molecule has 1 unspecified atom stereocenters. The molecule has 3 N–H and O–H groups in total. The molecule has 2 amide bonds. The van der Waals surface area contributed by atoms with E-state index in [0.717, 1.165) is 30.6 Å². The van der Waals surface area contributed by atoms with Gasteiger partial charge >= 0.3 is 0 Å². The van der Waals surface area contributed by atoms with Crippen LogP contribution in [0.4, 0.5) is 10.1 Å². The highest BCUT2D eigenvalue weighted by Gasteiger charge is 2.24. The minimum Gasteiger partial charge on any atom is -0.369 e. The Morgan fingerprint density at radius 1 is 1.21 bits per heavy atom. The second-order valence-corrected chi connectivity index (χ2v) is 7.01. The summed E-state index contributed by atoms with van der Waals surface area (Å²) in [6.07, 6.45) is 4.71. The Balaban J connectivity index is 1.65. The van der Waals surface area contributed by atoms with E-state index in [0.29, 0.717) is 18.7 Å². The SMILES string of the molecule is NC(=O)C1CCCN(Cc2ccccc2NC(=O)/C=C/c2cccc(F)c2)C1. The third-order valence-electron chi connectivity index (χ3n) is 4.85. The van der Waals surface area contributed by atoms with Gasteiger partial charge in [0.2, 0.25) is 11.8 Å². The maximum absolute atomic E-state index is 13.2. The maximum atomic E-state index is 13.2. The first-order valence-electron chi connectivity index (χ1n) is 9.35. The van der Waals surface area contributed by atoms with Crippen molar-refractivity contribution < 1.29 is 14.0 Å². The van der Waals surface area contributed by atoms with Gasteiger partial charge in [-0.25, -0.2) is 4.39 Å². The Kier molecular flexibility index (Phi) is 6.55. The number of nitrogens with zero attached hydrogens (tertiary/aromatic N) is 1. The van der Waals surface area contributed by atoms with Crippen LogP contribution >= 0.6 is 0 Å². The van der Waals surface area contributed by atoms with Crippen LogP contribution in [0.1, 0.15) is 24.0 Å². The maximum Gasteiger partial charge on any atom is 0.248 e. The molecule has 0 aromatic heterocycles. The van der Waals surface area contributed by atoms with Crippen LogP contribution in [0.3, 0.4) is 0 Å². The molecule has 6 heteroatoms. The van der Waals surface area contributed by atoms with E-state index in [-0.39, 0.29) is 23.5 Å². The molecule has 28 heavy (non-hydrogen) atoms. The molecule has 1 aliphatic heterocycles. The molecular weight excluding hydrogens is 357 g/mol. The molecule has 5 nitrogen and oxygen atoms in total. The summed E-state index contributed by atoms with van der Waals surface area (Å²) in [6, 6.07) is 13.6. The van der Waals surface area contributed by atoms with Crippen LogP contribution < -0.4 is 11.1 Å². The Bertz CT molecular complexity index is 882. The number of primary amides is 1. The van der Waals surface area contributed by atoms with E-state index in [1.165, 1.54) is 18.2 Å². The van der Waals surface area contributed by atoms with Crippen molar-refractivity contribution in [2.75, 3.05) is 18.4 Å². The molecule has 0 aliphatic carbocycles. The number of para-hydroxylation sites is 1. The summed E-state index contributed by atoms with van der Waals surface area (Å²) in [7, 11) is 0. The van der Waals surface area contributed by atoms with Gasteiger partial charge in [0.05, 0.1) is 5.92 Å². The molecular formula is C22H24FN3O2. The number of carbonyl (C=O) groups excluding carboxylic acids is 2. The predicted molar refractivity (Wildman–Crippen MR) is 108 cm³/mol. The van der Waals surface area contributed by atoms with E-state index in [1.54, 1.807) is 18.2 Å². The van der Waals surface area contributed by atoms with Crippen molar-refractivity contribution in [1.29, 1.82) is 0 Å². The van der Waals surface area contributed by atoms with Crippen molar-refractivity contribution >= 4 is 23.6 Å². The Morgan fingerprint density at radius 3 is 2.82 bits per heavy atom. The summed E-state index contributed by atoms with van der Waals surface area (Å²) in [4.78, 5) is 26.0. The van der Waals surface area contributed by atoms with Crippen molar-refractivity contribution in [3.63, 3.8) is 0 Å². The number of anilines is 1. The molecule has 1 fully saturated rings. The largest absolute Gasteiger partial charge is 0.369 e. The monoisotopic (exact) mass is 381 g/mol. The number of likely N-dealkylation sites (tertiary alicyclic amines) is 1. The van der Waals surface area contributed by atoms with Crippen LogP contribution in [-0.2, 0) is 16.1 Å². The number of hydrogen-bond acceptors (Lipinski definition) is 3. The van der Waals surface area contributed by atoms with Gasteiger partial charge in [0.25, 0.3) is 0 Å². The molecule has 146 valence electrons. The van der Waals surface area contributed by atoms with Crippen LogP contribution in [-0.4, -0.2) is 29.8 Å². The van der Waals surface area contributed by atoms with Crippen molar-refractivity contribution in [1.82, 2.24) is 4.90 Å². The quantitative estimate of drug-likeness (QED) is 0.755. The van der Waals surface area contributed by atoms with Gasteiger partial charge in [0.1, 0.15) is 5.82 Å². The molecule has 3 rings (SSSR count). The van der Waals surface area contributed by atoms with Crippen LogP contribution in [0.2, 0.25) is 0 Å². The number of halogens is 1. The average Bonchev–Trinajstić information content (AvgIpc) is 2.68. The lowest BCUT2D eigenvalue weighted by Gasteiger charge is -2.31. The number of carbonyl (C=O) groups is 2. The fourth-order valence-electron chi connectivity index (χ4n) is 3.41. The summed E-state index contributed by atoms with van der Waals surface area (Å²) in [5.41, 5.74) is 7.77. The fourth-order valence-corrected chi connectivity index (χ4v) is 3.41. The van der Waals surface area contributed by atoms with Crippen molar-refractivity contribution in [2.45, 2.75) is 19.4 Å². The summed E-state index contributed by atoms with van der Waals surface area (Å²) < 4.78 is 13.2. The second-order valence-electron chi connectivity index (χ2n) is 7.01. The number of hydrogen-bond donors (Lipinski definition) is 2. The first-order chi connectivity index (χ1) is 13.5. The number of nitrogens with one attached hydrogen (secondary N) is 1. The van der Waals surface area contributed by atoms with E-state index in [4.69, 9.17) is 5.73 Å². The number of rotatable bonds is 6. The van der Waals surface area contributed by atoms with Crippen LogP contribution in [0.15, 0.2) is 54.6 Å². The first kappa shape index (κ1) is 19.8. The van der Waals surface area contributed by atoms with Gasteiger partial charge in [0.15, 0.2) is 0 Å².